The molecule has 1 saturated heterocycles. The van der Waals surface area contributed by atoms with Gasteiger partial charge in [0.1, 0.15) is 22.6 Å². The van der Waals surface area contributed by atoms with E-state index in [1.165, 1.54) is 48.5 Å². The molecule has 2 aliphatic rings. The SMILES string of the molecule is O=C(COc1ccc(Cl)cc1[C@H]1c2sc(=O)[nH]c2SC2C(=O)N(c3ccc(F)cc3)C(=O)C21)Nc1ccc(O)cc1. The number of thioether (sulfide) groups is 1. The molecule has 6 rings (SSSR count). The van der Waals surface area contributed by atoms with Gasteiger partial charge in [-0.2, -0.15) is 0 Å². The summed E-state index contributed by atoms with van der Waals surface area (Å²) in [4.78, 5) is 56.5. The normalized spacial score (nSPS) is 19.6. The molecule has 4 aromatic rings. The number of nitrogens with one attached hydrogen (secondary N) is 2. The van der Waals surface area contributed by atoms with Gasteiger partial charge in [-0.1, -0.05) is 34.7 Å². The average Bonchev–Trinajstić information content (AvgIpc) is 3.44. The molecule has 41 heavy (non-hydrogen) atoms. The Morgan fingerprint density at radius 2 is 1.78 bits per heavy atom. The number of nitrogens with zero attached hydrogens (tertiary/aromatic N) is 1. The van der Waals surface area contributed by atoms with E-state index in [-0.39, 0.29) is 22.1 Å². The van der Waals surface area contributed by atoms with Gasteiger partial charge >= 0.3 is 4.87 Å². The summed E-state index contributed by atoms with van der Waals surface area (Å²) in [7, 11) is 0. The highest BCUT2D eigenvalue weighted by Gasteiger charge is 2.56. The van der Waals surface area contributed by atoms with Crippen LogP contribution in [0.3, 0.4) is 0 Å². The lowest BCUT2D eigenvalue weighted by Crippen LogP contribution is -2.32. The van der Waals surface area contributed by atoms with Crippen molar-refractivity contribution >= 4 is 63.8 Å². The van der Waals surface area contributed by atoms with Crippen LogP contribution in [0.4, 0.5) is 15.8 Å². The molecule has 0 bridgehead atoms. The molecular formula is C28H19ClFN3O6S2. The molecule has 2 unspecified atom stereocenters. The number of aromatic hydroxyl groups is 1. The molecule has 1 fully saturated rings. The second kappa shape index (κ2) is 10.7. The highest BCUT2D eigenvalue weighted by atomic mass is 35.5. The van der Waals surface area contributed by atoms with Crippen LogP contribution in [0.15, 0.2) is 76.6 Å². The van der Waals surface area contributed by atoms with Crippen LogP contribution in [0.5, 0.6) is 11.5 Å². The second-order valence-electron chi connectivity index (χ2n) is 9.30. The first-order valence-corrected chi connectivity index (χ1v) is 14.3. The molecule has 0 spiro atoms. The molecule has 9 nitrogen and oxygen atoms in total. The number of hydrogen-bond donors (Lipinski definition) is 3. The maximum absolute atomic E-state index is 13.9. The van der Waals surface area contributed by atoms with Crippen LogP contribution < -0.4 is 19.8 Å². The van der Waals surface area contributed by atoms with Crippen molar-refractivity contribution in [3.8, 4) is 11.5 Å². The molecule has 13 heteroatoms. The van der Waals surface area contributed by atoms with E-state index in [4.69, 9.17) is 16.3 Å². The zero-order valence-corrected chi connectivity index (χ0v) is 23.2. The molecule has 0 aliphatic carbocycles. The van der Waals surface area contributed by atoms with Crippen molar-refractivity contribution in [2.24, 2.45) is 5.92 Å². The lowest BCUT2D eigenvalue weighted by Gasteiger charge is -2.31. The smallest absolute Gasteiger partial charge is 0.305 e. The van der Waals surface area contributed by atoms with Crippen molar-refractivity contribution in [2.45, 2.75) is 16.2 Å². The maximum Gasteiger partial charge on any atom is 0.305 e. The van der Waals surface area contributed by atoms with E-state index in [9.17, 15) is 28.7 Å². The highest BCUT2D eigenvalue weighted by Crippen LogP contribution is 2.54. The van der Waals surface area contributed by atoms with E-state index in [1.54, 1.807) is 18.2 Å². The number of rotatable bonds is 6. The number of phenolic OH excluding ortho intramolecular Hbond substituents is 1. The van der Waals surface area contributed by atoms with Crippen molar-refractivity contribution in [3.63, 3.8) is 0 Å². The number of phenols is 1. The van der Waals surface area contributed by atoms with E-state index in [1.807, 2.05) is 0 Å². The quantitative estimate of drug-likeness (QED) is 0.212. The fourth-order valence-electron chi connectivity index (χ4n) is 4.98. The van der Waals surface area contributed by atoms with Crippen LogP contribution in [-0.2, 0) is 14.4 Å². The van der Waals surface area contributed by atoms with Gasteiger partial charge in [0.15, 0.2) is 6.61 Å². The minimum Gasteiger partial charge on any atom is -0.508 e. The molecule has 208 valence electrons. The molecule has 2 aliphatic heterocycles. The Morgan fingerprint density at radius 3 is 2.51 bits per heavy atom. The lowest BCUT2D eigenvalue weighted by molar-refractivity contribution is -0.122. The van der Waals surface area contributed by atoms with E-state index >= 15 is 0 Å². The first-order chi connectivity index (χ1) is 19.7. The van der Waals surface area contributed by atoms with Crippen LogP contribution in [-0.4, -0.2) is 39.7 Å². The predicted octanol–water partition coefficient (Wildman–Crippen LogP) is 4.75. The first kappa shape index (κ1) is 27.1. The van der Waals surface area contributed by atoms with Crippen LogP contribution in [0, 0.1) is 11.7 Å². The third kappa shape index (κ3) is 5.09. The summed E-state index contributed by atoms with van der Waals surface area (Å²) in [5.41, 5.74) is 1.13. The maximum atomic E-state index is 13.9. The van der Waals surface area contributed by atoms with Gasteiger partial charge in [0.2, 0.25) is 11.8 Å². The minimum absolute atomic E-state index is 0.0540. The standard InChI is InChI=1S/C28H19ClFN3O6S2/c29-13-1-10-19(39-12-20(35)31-15-4-8-17(34)9-5-15)18(11-13)21-22-24(40-25-23(21)41-28(38)32-25)27(37)33(26(22)36)16-6-2-14(30)3-7-16/h1-11,21-22,24,34H,12H2,(H,31,35)(H,32,38)/t21-,22?,24?/m1/s1. The number of aromatic amines is 1. The van der Waals surface area contributed by atoms with E-state index in [0.717, 1.165) is 28.0 Å². The van der Waals surface area contributed by atoms with Gasteiger partial charge in [-0.15, -0.1) is 0 Å². The lowest BCUT2D eigenvalue weighted by atomic mass is 9.82. The second-order valence-corrected chi connectivity index (χ2v) is 11.9. The predicted molar refractivity (Wildman–Crippen MR) is 152 cm³/mol. The summed E-state index contributed by atoms with van der Waals surface area (Å²) in [6, 6.07) is 15.7. The van der Waals surface area contributed by atoms with Gasteiger partial charge in [0.25, 0.3) is 5.91 Å². The van der Waals surface area contributed by atoms with Crippen LogP contribution in [0.2, 0.25) is 5.02 Å². The number of halogens is 2. The van der Waals surface area contributed by atoms with Crippen molar-refractivity contribution in [1.29, 1.82) is 0 Å². The summed E-state index contributed by atoms with van der Waals surface area (Å²) in [6.45, 7) is -0.393. The largest absolute Gasteiger partial charge is 0.508 e. The highest BCUT2D eigenvalue weighted by molar-refractivity contribution is 8.00. The zero-order chi connectivity index (χ0) is 28.8. The fourth-order valence-corrected chi connectivity index (χ4v) is 7.66. The van der Waals surface area contributed by atoms with Crippen LogP contribution >= 0.6 is 34.7 Å². The molecule has 0 radical (unpaired) electrons. The molecular weight excluding hydrogens is 593 g/mol. The number of imide groups is 1. The molecule has 0 saturated carbocycles. The number of fused-ring (bicyclic) bond motifs is 2. The Hall–Kier alpha value is -4.13. The minimum atomic E-state index is -0.928. The molecule has 3 heterocycles. The number of H-pyrrole nitrogens is 1. The van der Waals surface area contributed by atoms with Crippen molar-refractivity contribution < 1.29 is 28.6 Å². The number of amides is 3. The summed E-state index contributed by atoms with van der Waals surface area (Å²) >= 11 is 8.40. The molecule has 3 aromatic carbocycles. The van der Waals surface area contributed by atoms with Gasteiger partial charge in [-0.25, -0.2) is 9.29 Å². The number of thiazole rings is 1. The van der Waals surface area contributed by atoms with Crippen molar-refractivity contribution in [1.82, 2.24) is 4.98 Å². The first-order valence-electron chi connectivity index (χ1n) is 12.2. The van der Waals surface area contributed by atoms with Crippen LogP contribution in [0.1, 0.15) is 16.4 Å². The Kier molecular flexibility index (Phi) is 7.06. The van der Waals surface area contributed by atoms with Crippen molar-refractivity contribution in [3.05, 3.63) is 97.7 Å². The summed E-state index contributed by atoms with van der Waals surface area (Å²) in [5, 5.41) is 12.0. The van der Waals surface area contributed by atoms with Gasteiger partial charge in [-0.3, -0.25) is 19.2 Å². The topological polar surface area (TPSA) is 129 Å². The van der Waals surface area contributed by atoms with Gasteiger partial charge < -0.3 is 20.1 Å². The molecule has 3 atom stereocenters. The Balaban J connectivity index is 1.36. The molecule has 3 amide bonds. The summed E-state index contributed by atoms with van der Waals surface area (Å²) in [5.74, 6) is -3.40. The van der Waals surface area contributed by atoms with E-state index in [0.29, 0.717) is 26.2 Å². The molecule has 1 aromatic heterocycles. The zero-order valence-electron chi connectivity index (χ0n) is 20.8. The van der Waals surface area contributed by atoms with Gasteiger partial charge in [-0.05, 0) is 66.7 Å². The Morgan fingerprint density at radius 1 is 1.05 bits per heavy atom. The van der Waals surface area contributed by atoms with Crippen molar-refractivity contribution in [2.75, 3.05) is 16.8 Å². The van der Waals surface area contributed by atoms with E-state index in [2.05, 4.69) is 10.3 Å². The summed E-state index contributed by atoms with van der Waals surface area (Å²) in [6.07, 6.45) is 0. The third-order valence-corrected chi connectivity index (χ3v) is 9.36. The number of carbonyl (C=O) groups is 3. The van der Waals surface area contributed by atoms with E-state index < -0.39 is 47.2 Å². The Bertz CT molecular complexity index is 1740. The number of carbonyl (C=O) groups excluding carboxylic acids is 3. The Labute approximate surface area is 244 Å². The average molecular weight is 612 g/mol. The molecule has 3 N–H and O–H groups in total. The number of aromatic nitrogens is 1. The van der Waals surface area contributed by atoms with Crippen LogP contribution in [0.25, 0.3) is 0 Å². The monoisotopic (exact) mass is 611 g/mol. The summed E-state index contributed by atoms with van der Waals surface area (Å²) < 4.78 is 19.5. The number of anilines is 2. The number of benzene rings is 3. The number of ether oxygens (including phenoxy) is 1. The van der Waals surface area contributed by atoms with Gasteiger partial charge in [0, 0.05) is 27.1 Å². The fraction of sp³-hybridized carbons (Fsp3) is 0.143. The number of hydrogen-bond acceptors (Lipinski definition) is 8. The third-order valence-electron chi connectivity index (χ3n) is 6.73. The van der Waals surface area contributed by atoms with Gasteiger partial charge in [0.05, 0.1) is 16.6 Å².